The minimum Gasteiger partial charge on any atom is -0.444 e. The Morgan fingerprint density at radius 1 is 1.46 bits per heavy atom. The fourth-order valence-electron chi connectivity index (χ4n) is 2.26. The summed E-state index contributed by atoms with van der Waals surface area (Å²) in [5.41, 5.74) is 2.03. The molecule has 1 N–H and O–H groups in total. The van der Waals surface area contributed by atoms with Crippen LogP contribution in [0.2, 0.25) is 5.02 Å². The zero-order chi connectivity index (χ0) is 17.0. The molecule has 2 aromatic heterocycles. The van der Waals surface area contributed by atoms with Crippen molar-refractivity contribution < 1.29 is 4.42 Å². The molecule has 2 heterocycles. The molecule has 0 amide bonds. The molecule has 134 valence electrons. The van der Waals surface area contributed by atoms with Gasteiger partial charge in [0.2, 0.25) is 5.89 Å². The Bertz CT molecular complexity index is 675. The Morgan fingerprint density at radius 3 is 2.67 bits per heavy atom. The largest absolute Gasteiger partial charge is 0.444 e. The summed E-state index contributed by atoms with van der Waals surface area (Å²) < 4.78 is 7.59. The van der Waals surface area contributed by atoms with Gasteiger partial charge in [-0.15, -0.1) is 24.0 Å². The van der Waals surface area contributed by atoms with Gasteiger partial charge in [0, 0.05) is 32.5 Å². The maximum atomic E-state index is 6.04. The number of rotatable bonds is 5. The summed E-state index contributed by atoms with van der Waals surface area (Å²) >= 11 is 6.04. The first-order chi connectivity index (χ1) is 10.9. The molecule has 0 aliphatic carbocycles. The van der Waals surface area contributed by atoms with Crippen molar-refractivity contribution in [1.82, 2.24) is 19.8 Å². The van der Waals surface area contributed by atoms with Gasteiger partial charge >= 0.3 is 0 Å². The van der Waals surface area contributed by atoms with Gasteiger partial charge in [-0.25, -0.2) is 9.98 Å². The lowest BCUT2D eigenvalue weighted by atomic mass is 10.4. The zero-order valence-corrected chi connectivity index (χ0v) is 17.8. The Labute approximate surface area is 165 Å². The highest BCUT2D eigenvalue weighted by Crippen LogP contribution is 2.14. The number of halogens is 2. The van der Waals surface area contributed by atoms with E-state index in [4.69, 9.17) is 16.0 Å². The molecule has 0 saturated carbocycles. The number of aryl methyl sites for hydroxylation is 3. The molecule has 8 heteroatoms. The van der Waals surface area contributed by atoms with E-state index in [0.29, 0.717) is 19.0 Å². The van der Waals surface area contributed by atoms with Gasteiger partial charge in [-0.1, -0.05) is 11.6 Å². The van der Waals surface area contributed by atoms with Crippen LogP contribution in [0.5, 0.6) is 0 Å². The van der Waals surface area contributed by atoms with E-state index in [1.54, 1.807) is 0 Å². The van der Waals surface area contributed by atoms with Gasteiger partial charge in [0.05, 0.1) is 17.3 Å². The smallest absolute Gasteiger partial charge is 0.216 e. The number of nitrogens with zero attached hydrogens (tertiary/aromatic N) is 4. The Hall–Kier alpha value is -1.22. The first-order valence-electron chi connectivity index (χ1n) is 7.63. The van der Waals surface area contributed by atoms with Crippen LogP contribution in [0.15, 0.2) is 21.7 Å². The highest BCUT2D eigenvalue weighted by Gasteiger charge is 2.11. The van der Waals surface area contributed by atoms with E-state index < -0.39 is 0 Å². The highest BCUT2D eigenvalue weighted by molar-refractivity contribution is 14.0. The number of aromatic nitrogens is 2. The molecule has 0 saturated heterocycles. The van der Waals surface area contributed by atoms with E-state index in [2.05, 4.69) is 20.2 Å². The van der Waals surface area contributed by atoms with Crippen molar-refractivity contribution in [2.24, 2.45) is 12.0 Å². The van der Waals surface area contributed by atoms with Crippen molar-refractivity contribution in [3.8, 4) is 0 Å². The summed E-state index contributed by atoms with van der Waals surface area (Å²) in [7, 11) is 3.98. The Kier molecular flexibility index (Phi) is 8.08. The van der Waals surface area contributed by atoms with Crippen molar-refractivity contribution in [3.63, 3.8) is 0 Å². The summed E-state index contributed by atoms with van der Waals surface area (Å²) in [5.74, 6) is 2.27. The summed E-state index contributed by atoms with van der Waals surface area (Å²) in [5, 5.41) is 4.02. The van der Waals surface area contributed by atoms with Crippen LogP contribution in [0, 0.1) is 13.8 Å². The molecule has 0 aliphatic rings. The van der Waals surface area contributed by atoms with E-state index >= 15 is 0 Å². The Morgan fingerprint density at radius 2 is 2.17 bits per heavy atom. The number of hydrogen-bond acceptors (Lipinski definition) is 3. The third-order valence-corrected chi connectivity index (χ3v) is 3.81. The van der Waals surface area contributed by atoms with Gasteiger partial charge in [0.1, 0.15) is 12.3 Å². The average Bonchev–Trinajstić information content (AvgIpc) is 2.97. The molecule has 0 aliphatic heterocycles. The Balaban J connectivity index is 0.00000288. The fraction of sp³-hybridized carbons (Fsp3) is 0.500. The van der Waals surface area contributed by atoms with Gasteiger partial charge in [0.15, 0.2) is 5.96 Å². The minimum absolute atomic E-state index is 0. The first kappa shape index (κ1) is 20.8. The van der Waals surface area contributed by atoms with Crippen molar-refractivity contribution >= 4 is 41.5 Å². The van der Waals surface area contributed by atoms with Crippen LogP contribution >= 0.6 is 35.6 Å². The predicted octanol–water partition coefficient (Wildman–Crippen LogP) is 3.50. The van der Waals surface area contributed by atoms with Crippen LogP contribution in [0.1, 0.15) is 30.0 Å². The second kappa shape index (κ2) is 9.31. The number of aliphatic imine (C=N–C) groups is 1. The van der Waals surface area contributed by atoms with Crippen LogP contribution < -0.4 is 5.32 Å². The average molecular weight is 466 g/mol. The van der Waals surface area contributed by atoms with Crippen LogP contribution in [0.3, 0.4) is 0 Å². The van der Waals surface area contributed by atoms with E-state index in [1.165, 1.54) is 0 Å². The normalized spacial score (nSPS) is 11.3. The van der Waals surface area contributed by atoms with E-state index in [0.717, 1.165) is 34.7 Å². The minimum atomic E-state index is 0. The topological polar surface area (TPSA) is 58.6 Å². The third kappa shape index (κ3) is 5.41. The third-order valence-electron chi connectivity index (χ3n) is 3.61. The molecule has 6 nitrogen and oxygen atoms in total. The summed E-state index contributed by atoms with van der Waals surface area (Å²) in [6, 6.07) is 1.96. The molecule has 0 radical (unpaired) electrons. The summed E-state index contributed by atoms with van der Waals surface area (Å²) in [6.45, 7) is 7.80. The monoisotopic (exact) mass is 465 g/mol. The van der Waals surface area contributed by atoms with E-state index in [9.17, 15) is 0 Å². The lowest BCUT2D eigenvalue weighted by molar-refractivity contribution is 0.450. The molecule has 0 fully saturated rings. The fourth-order valence-corrected chi connectivity index (χ4v) is 2.53. The summed E-state index contributed by atoms with van der Waals surface area (Å²) in [4.78, 5) is 11.0. The van der Waals surface area contributed by atoms with Crippen molar-refractivity contribution in [2.45, 2.75) is 33.9 Å². The zero-order valence-electron chi connectivity index (χ0n) is 14.8. The maximum absolute atomic E-state index is 6.04. The lowest BCUT2D eigenvalue weighted by Crippen LogP contribution is -2.38. The molecule has 2 aromatic rings. The molecule has 0 bridgehead atoms. The van der Waals surface area contributed by atoms with Gasteiger partial charge in [-0.05, 0) is 26.8 Å². The van der Waals surface area contributed by atoms with Crippen LogP contribution in [-0.2, 0) is 20.1 Å². The predicted molar refractivity (Wildman–Crippen MR) is 108 cm³/mol. The number of nitrogens with one attached hydrogen (secondary N) is 1. The number of oxazole rings is 1. The van der Waals surface area contributed by atoms with Crippen LogP contribution in [0.25, 0.3) is 0 Å². The van der Waals surface area contributed by atoms with Gasteiger partial charge < -0.3 is 19.2 Å². The van der Waals surface area contributed by atoms with Crippen LogP contribution in [-0.4, -0.2) is 34.0 Å². The van der Waals surface area contributed by atoms with Crippen molar-refractivity contribution in [2.75, 3.05) is 13.6 Å². The quantitative estimate of drug-likeness (QED) is 0.417. The molecule has 0 unspecified atom stereocenters. The molecule has 0 atom stereocenters. The van der Waals surface area contributed by atoms with Gasteiger partial charge in [-0.2, -0.15) is 0 Å². The molecular formula is C16H25ClIN5O. The SMILES string of the molecule is CCNC(=NCc1nc(C)c(C)o1)N(C)Cc1cc(Cl)cn1C.I. The molecule has 24 heavy (non-hydrogen) atoms. The number of guanidine groups is 1. The molecule has 0 aromatic carbocycles. The second-order valence-electron chi connectivity index (χ2n) is 5.54. The molecule has 0 spiro atoms. The van der Waals surface area contributed by atoms with Gasteiger partial charge in [-0.3, -0.25) is 0 Å². The second-order valence-corrected chi connectivity index (χ2v) is 5.97. The lowest BCUT2D eigenvalue weighted by Gasteiger charge is -2.22. The molecular weight excluding hydrogens is 441 g/mol. The van der Waals surface area contributed by atoms with Crippen molar-refractivity contribution in [1.29, 1.82) is 0 Å². The molecule has 2 rings (SSSR count). The summed E-state index contributed by atoms with van der Waals surface area (Å²) in [6.07, 6.45) is 1.90. The van der Waals surface area contributed by atoms with E-state index in [1.807, 2.05) is 51.7 Å². The highest BCUT2D eigenvalue weighted by atomic mass is 127. The van der Waals surface area contributed by atoms with Gasteiger partial charge in [0.25, 0.3) is 0 Å². The van der Waals surface area contributed by atoms with Crippen LogP contribution in [0.4, 0.5) is 0 Å². The number of hydrogen-bond donors (Lipinski definition) is 1. The van der Waals surface area contributed by atoms with Crippen molar-refractivity contribution in [3.05, 3.63) is 40.3 Å². The standard InChI is InChI=1S/C16H24ClN5O.HI/c1-6-18-16(19-8-15-20-11(2)12(3)23-15)22(5)10-14-7-13(17)9-21(14)4;/h7,9H,6,8,10H2,1-5H3,(H,18,19);1H. The van der Waals surface area contributed by atoms with E-state index in [-0.39, 0.29) is 24.0 Å². The maximum Gasteiger partial charge on any atom is 0.216 e. The first-order valence-corrected chi connectivity index (χ1v) is 8.01.